The Kier molecular flexibility index (Phi) is 4.37. The standard InChI is InChI=1S/C19H25ClN6O/c1-12-14(20)15(23-25(12)4)17(27)26-9-5-7-19(11-26)8-6-13-10-21-18(24(2)3)22-16(13)19/h10H,5-9,11H2,1-4H3. The number of hydrogen-bond acceptors (Lipinski definition) is 5. The molecule has 0 radical (unpaired) electrons. The molecule has 1 fully saturated rings. The summed E-state index contributed by atoms with van der Waals surface area (Å²) in [4.78, 5) is 26.3. The van der Waals surface area contributed by atoms with Crippen LogP contribution >= 0.6 is 11.6 Å². The molecule has 3 heterocycles. The van der Waals surface area contributed by atoms with Gasteiger partial charge in [0.1, 0.15) is 0 Å². The van der Waals surface area contributed by atoms with Crippen molar-refractivity contribution in [3.63, 3.8) is 0 Å². The number of piperidine rings is 1. The molecule has 0 bridgehead atoms. The van der Waals surface area contributed by atoms with Crippen LogP contribution < -0.4 is 4.90 Å². The van der Waals surface area contributed by atoms with Gasteiger partial charge in [-0.3, -0.25) is 9.48 Å². The second-order valence-corrected chi connectivity index (χ2v) is 8.30. The molecule has 0 N–H and O–H groups in total. The quantitative estimate of drug-likeness (QED) is 0.790. The van der Waals surface area contributed by atoms with E-state index >= 15 is 0 Å². The van der Waals surface area contributed by atoms with Crippen molar-refractivity contribution >= 4 is 23.5 Å². The molecule has 1 atom stereocenters. The third-order valence-corrected chi connectivity index (χ3v) is 6.41. The molecule has 2 aromatic heterocycles. The molecule has 8 heteroatoms. The molecule has 0 saturated carbocycles. The summed E-state index contributed by atoms with van der Waals surface area (Å²) in [6.45, 7) is 3.26. The molecule has 0 aromatic carbocycles. The Morgan fingerprint density at radius 2 is 2.11 bits per heavy atom. The Morgan fingerprint density at radius 3 is 2.78 bits per heavy atom. The van der Waals surface area contributed by atoms with E-state index in [9.17, 15) is 4.79 Å². The van der Waals surface area contributed by atoms with Gasteiger partial charge in [0.25, 0.3) is 5.91 Å². The third-order valence-electron chi connectivity index (χ3n) is 5.95. The molecule has 1 amide bonds. The summed E-state index contributed by atoms with van der Waals surface area (Å²) < 4.78 is 1.66. The lowest BCUT2D eigenvalue weighted by atomic mass is 9.77. The summed E-state index contributed by atoms with van der Waals surface area (Å²) in [7, 11) is 5.71. The summed E-state index contributed by atoms with van der Waals surface area (Å²) in [6, 6.07) is 0. The first-order chi connectivity index (χ1) is 12.8. The lowest BCUT2D eigenvalue weighted by molar-refractivity contribution is 0.0627. The highest BCUT2D eigenvalue weighted by Crippen LogP contribution is 2.44. The van der Waals surface area contributed by atoms with Crippen LogP contribution in [0.3, 0.4) is 0 Å². The van der Waals surface area contributed by atoms with E-state index in [4.69, 9.17) is 16.6 Å². The Balaban J connectivity index is 1.65. The number of aryl methyl sites for hydroxylation is 2. The molecule has 1 unspecified atom stereocenters. The lowest BCUT2D eigenvalue weighted by Crippen LogP contribution is -2.48. The van der Waals surface area contributed by atoms with Gasteiger partial charge in [0, 0.05) is 45.8 Å². The van der Waals surface area contributed by atoms with Gasteiger partial charge in [-0.1, -0.05) is 11.6 Å². The van der Waals surface area contributed by atoms with Crippen LogP contribution in [0.1, 0.15) is 46.7 Å². The van der Waals surface area contributed by atoms with Gasteiger partial charge in [0.15, 0.2) is 5.69 Å². The predicted octanol–water partition coefficient (Wildman–Crippen LogP) is 2.36. The van der Waals surface area contributed by atoms with Crippen LogP contribution in [0.5, 0.6) is 0 Å². The number of anilines is 1. The fourth-order valence-corrected chi connectivity index (χ4v) is 4.56. The number of nitrogens with zero attached hydrogens (tertiary/aromatic N) is 6. The van der Waals surface area contributed by atoms with Gasteiger partial charge >= 0.3 is 0 Å². The second kappa shape index (κ2) is 6.48. The van der Waals surface area contributed by atoms with Gasteiger partial charge in [-0.15, -0.1) is 0 Å². The molecule has 2 aromatic rings. The van der Waals surface area contributed by atoms with Gasteiger partial charge in [-0.2, -0.15) is 5.10 Å². The van der Waals surface area contributed by atoms with Crippen LogP contribution in [0, 0.1) is 6.92 Å². The van der Waals surface area contributed by atoms with E-state index in [2.05, 4.69) is 10.1 Å². The highest BCUT2D eigenvalue weighted by molar-refractivity contribution is 6.34. The van der Waals surface area contributed by atoms with E-state index in [0.717, 1.165) is 49.6 Å². The van der Waals surface area contributed by atoms with Gasteiger partial charge in [-0.25, -0.2) is 9.97 Å². The molecular formula is C19H25ClN6O. The Labute approximate surface area is 164 Å². The summed E-state index contributed by atoms with van der Waals surface area (Å²) >= 11 is 6.36. The van der Waals surface area contributed by atoms with Crippen LogP contribution in [-0.2, 0) is 18.9 Å². The van der Waals surface area contributed by atoms with E-state index in [-0.39, 0.29) is 11.3 Å². The molecule has 2 aliphatic rings. The lowest BCUT2D eigenvalue weighted by Gasteiger charge is -2.40. The van der Waals surface area contributed by atoms with Crippen LogP contribution in [0.2, 0.25) is 5.02 Å². The SMILES string of the molecule is Cc1c(Cl)c(C(=O)N2CCCC3(CCc4cnc(N(C)C)nc43)C2)nn1C. The number of fused-ring (bicyclic) bond motifs is 2. The smallest absolute Gasteiger partial charge is 0.275 e. The maximum Gasteiger partial charge on any atom is 0.275 e. The maximum absolute atomic E-state index is 13.1. The largest absolute Gasteiger partial charge is 0.347 e. The minimum atomic E-state index is -0.0900. The summed E-state index contributed by atoms with van der Waals surface area (Å²) in [5.74, 6) is 0.639. The van der Waals surface area contributed by atoms with Gasteiger partial charge < -0.3 is 9.80 Å². The molecule has 4 rings (SSSR count). The third kappa shape index (κ3) is 2.88. The van der Waals surface area contributed by atoms with E-state index in [1.807, 2.05) is 44.1 Å². The average molecular weight is 389 g/mol. The van der Waals surface area contributed by atoms with Gasteiger partial charge in [-0.05, 0) is 38.2 Å². The number of hydrogen-bond donors (Lipinski definition) is 0. The first-order valence-electron chi connectivity index (χ1n) is 9.34. The number of rotatable bonds is 2. The molecule has 1 aliphatic carbocycles. The predicted molar refractivity (Wildman–Crippen MR) is 104 cm³/mol. The second-order valence-electron chi connectivity index (χ2n) is 7.92. The monoisotopic (exact) mass is 388 g/mol. The molecule has 1 aliphatic heterocycles. The first-order valence-corrected chi connectivity index (χ1v) is 9.72. The van der Waals surface area contributed by atoms with Crippen LogP contribution in [0.15, 0.2) is 6.20 Å². The fourth-order valence-electron chi connectivity index (χ4n) is 4.32. The van der Waals surface area contributed by atoms with Crippen molar-refractivity contribution in [1.29, 1.82) is 0 Å². The van der Waals surface area contributed by atoms with E-state index in [1.54, 1.807) is 4.68 Å². The van der Waals surface area contributed by atoms with Crippen LogP contribution in [0.4, 0.5) is 5.95 Å². The highest BCUT2D eigenvalue weighted by atomic mass is 35.5. The molecule has 1 spiro atoms. The summed E-state index contributed by atoms with van der Waals surface area (Å²) in [6.07, 6.45) is 5.92. The fraction of sp³-hybridized carbons (Fsp3) is 0.579. The van der Waals surface area contributed by atoms with Crippen LogP contribution in [0.25, 0.3) is 0 Å². The van der Waals surface area contributed by atoms with E-state index in [0.29, 0.717) is 17.3 Å². The number of likely N-dealkylation sites (tertiary alicyclic amines) is 1. The van der Waals surface area contributed by atoms with Crippen LogP contribution in [-0.4, -0.2) is 57.7 Å². The highest BCUT2D eigenvalue weighted by Gasteiger charge is 2.45. The average Bonchev–Trinajstić information content (AvgIpc) is 3.13. The molecule has 27 heavy (non-hydrogen) atoms. The minimum absolute atomic E-state index is 0.0851. The normalized spacial score (nSPS) is 21.6. The van der Waals surface area contributed by atoms with E-state index in [1.165, 1.54) is 5.56 Å². The van der Waals surface area contributed by atoms with Crippen molar-refractivity contribution in [3.05, 3.63) is 33.9 Å². The molecular weight excluding hydrogens is 364 g/mol. The number of aromatic nitrogens is 4. The van der Waals surface area contributed by atoms with Crippen molar-refractivity contribution in [1.82, 2.24) is 24.6 Å². The minimum Gasteiger partial charge on any atom is -0.347 e. The zero-order valence-electron chi connectivity index (χ0n) is 16.3. The maximum atomic E-state index is 13.1. The topological polar surface area (TPSA) is 67.2 Å². The van der Waals surface area contributed by atoms with Gasteiger partial charge in [0.05, 0.1) is 16.4 Å². The number of carbonyl (C=O) groups excluding carboxylic acids is 1. The van der Waals surface area contributed by atoms with Crippen molar-refractivity contribution < 1.29 is 4.79 Å². The number of amides is 1. The number of halogens is 1. The van der Waals surface area contributed by atoms with E-state index < -0.39 is 0 Å². The Hall–Kier alpha value is -2.15. The van der Waals surface area contributed by atoms with Crippen molar-refractivity contribution in [2.24, 2.45) is 7.05 Å². The Bertz CT molecular complexity index is 904. The summed E-state index contributed by atoms with van der Waals surface area (Å²) in [5.41, 5.74) is 3.39. The number of carbonyl (C=O) groups is 1. The molecule has 1 saturated heterocycles. The van der Waals surface area contributed by atoms with Crippen molar-refractivity contribution in [2.45, 2.75) is 38.0 Å². The molecule has 144 valence electrons. The summed E-state index contributed by atoms with van der Waals surface area (Å²) in [5, 5.41) is 4.79. The zero-order valence-corrected chi connectivity index (χ0v) is 17.0. The first kappa shape index (κ1) is 18.2. The van der Waals surface area contributed by atoms with Gasteiger partial charge in [0.2, 0.25) is 5.95 Å². The zero-order chi connectivity index (χ0) is 19.3. The van der Waals surface area contributed by atoms with Crippen molar-refractivity contribution in [3.8, 4) is 0 Å². The van der Waals surface area contributed by atoms with Crippen molar-refractivity contribution in [2.75, 3.05) is 32.1 Å². The Morgan fingerprint density at radius 1 is 1.33 bits per heavy atom. The molecule has 7 nitrogen and oxygen atoms in total.